The van der Waals surface area contributed by atoms with Crippen LogP contribution in [0.25, 0.3) is 10.9 Å². The lowest BCUT2D eigenvalue weighted by atomic mass is 10.0. The van der Waals surface area contributed by atoms with Gasteiger partial charge in [0, 0.05) is 23.0 Å². The average molecular weight is 474 g/mol. The van der Waals surface area contributed by atoms with E-state index in [0.717, 1.165) is 27.6 Å². The first-order chi connectivity index (χ1) is 16.9. The number of hydrogen-bond acceptors (Lipinski definition) is 4. The smallest absolute Gasteiger partial charge is 0.322 e. The number of nitrogens with one attached hydrogen (secondary N) is 2. The predicted molar refractivity (Wildman–Crippen MR) is 131 cm³/mol. The third-order valence-corrected chi connectivity index (χ3v) is 5.96. The maximum Gasteiger partial charge on any atom is 0.322 e. The van der Waals surface area contributed by atoms with Gasteiger partial charge in [0.15, 0.2) is 11.5 Å². The number of amides is 2. The number of H-pyrrole nitrogens is 1. The first kappa shape index (κ1) is 22.5. The molecule has 0 saturated heterocycles. The molecule has 0 bridgehead atoms. The Morgan fingerprint density at radius 2 is 1.83 bits per heavy atom. The van der Waals surface area contributed by atoms with E-state index in [-0.39, 0.29) is 31.1 Å². The van der Waals surface area contributed by atoms with Crippen LogP contribution in [0.5, 0.6) is 11.5 Å². The number of carbonyl (C=O) groups excluding carboxylic acids is 1. The molecule has 4 aromatic rings. The highest BCUT2D eigenvalue weighted by Crippen LogP contribution is 2.33. The number of aromatic nitrogens is 1. The van der Waals surface area contributed by atoms with Gasteiger partial charge in [-0.25, -0.2) is 9.18 Å². The Morgan fingerprint density at radius 3 is 2.66 bits per heavy atom. The minimum absolute atomic E-state index is 0.0211. The minimum atomic E-state index is -0.543. The van der Waals surface area contributed by atoms with Gasteiger partial charge in [-0.1, -0.05) is 24.3 Å². The number of hydrogen-bond donors (Lipinski definition) is 2. The monoisotopic (exact) mass is 473 g/mol. The normalized spacial score (nSPS) is 12.1. The summed E-state index contributed by atoms with van der Waals surface area (Å²) in [5, 5.41) is 3.53. The summed E-state index contributed by atoms with van der Waals surface area (Å²) in [6.07, 6.45) is 0. The molecule has 0 unspecified atom stereocenters. The summed E-state index contributed by atoms with van der Waals surface area (Å²) in [6.45, 7) is 4.28. The van der Waals surface area contributed by atoms with Gasteiger partial charge in [-0.2, -0.15) is 0 Å². The molecule has 2 N–H and O–H groups in total. The second-order valence-corrected chi connectivity index (χ2v) is 8.62. The lowest BCUT2D eigenvalue weighted by molar-refractivity contribution is 0.174. The van der Waals surface area contributed by atoms with E-state index in [2.05, 4.69) is 10.3 Å². The number of aryl methyl sites for hydroxylation is 2. The van der Waals surface area contributed by atoms with E-state index in [1.54, 1.807) is 24.3 Å². The molecule has 35 heavy (non-hydrogen) atoms. The second kappa shape index (κ2) is 9.13. The van der Waals surface area contributed by atoms with E-state index in [1.807, 2.05) is 38.1 Å². The Hall–Kier alpha value is -4.33. The number of para-hydroxylation sites is 1. The maximum atomic E-state index is 14.2. The maximum absolute atomic E-state index is 14.2. The number of pyridine rings is 1. The molecule has 0 spiro atoms. The van der Waals surface area contributed by atoms with Crippen LogP contribution in [-0.2, 0) is 13.1 Å². The highest BCUT2D eigenvalue weighted by atomic mass is 19.1. The highest BCUT2D eigenvalue weighted by molar-refractivity contribution is 5.89. The Bertz CT molecular complexity index is 1500. The summed E-state index contributed by atoms with van der Waals surface area (Å²) >= 11 is 0. The van der Waals surface area contributed by atoms with Crippen LogP contribution < -0.4 is 20.3 Å². The van der Waals surface area contributed by atoms with Crippen molar-refractivity contribution < 1.29 is 18.7 Å². The molecular formula is C27H24FN3O4. The standard InChI is InChI=1S/C27H24FN3O4/c1-16-9-17(2)20-12-19(26(32)29-23(20)10-16)14-31(27(33)30-22-6-4-3-5-21(22)28)13-18-7-8-24-25(11-18)35-15-34-24/h3-12H,13-15H2,1-2H3,(H,29,32)(H,30,33). The first-order valence-corrected chi connectivity index (χ1v) is 11.2. The zero-order chi connectivity index (χ0) is 24.5. The molecule has 0 fully saturated rings. The molecule has 1 aromatic heterocycles. The van der Waals surface area contributed by atoms with Crippen LogP contribution >= 0.6 is 0 Å². The highest BCUT2D eigenvalue weighted by Gasteiger charge is 2.20. The van der Waals surface area contributed by atoms with Crippen molar-refractivity contribution in [3.05, 3.63) is 99.1 Å². The Kier molecular flexibility index (Phi) is 5.86. The fraction of sp³-hybridized carbons (Fsp3) is 0.185. The fourth-order valence-corrected chi connectivity index (χ4v) is 4.26. The van der Waals surface area contributed by atoms with Gasteiger partial charge in [-0.3, -0.25) is 4.79 Å². The van der Waals surface area contributed by atoms with Crippen LogP contribution in [0.15, 0.2) is 65.5 Å². The summed E-state index contributed by atoms with van der Waals surface area (Å²) in [5.74, 6) is 0.679. The third-order valence-electron chi connectivity index (χ3n) is 5.96. The summed E-state index contributed by atoms with van der Waals surface area (Å²) < 4.78 is 25.0. The number of urea groups is 1. The van der Waals surface area contributed by atoms with E-state index >= 15 is 0 Å². The first-order valence-electron chi connectivity index (χ1n) is 11.2. The Balaban J connectivity index is 1.49. The lowest BCUT2D eigenvalue weighted by Gasteiger charge is -2.24. The minimum Gasteiger partial charge on any atom is -0.454 e. The molecule has 178 valence electrons. The largest absolute Gasteiger partial charge is 0.454 e. The lowest BCUT2D eigenvalue weighted by Crippen LogP contribution is -2.36. The van der Waals surface area contributed by atoms with Crippen LogP contribution in [0.4, 0.5) is 14.9 Å². The zero-order valence-electron chi connectivity index (χ0n) is 19.4. The van der Waals surface area contributed by atoms with Crippen LogP contribution in [0.1, 0.15) is 22.3 Å². The fourth-order valence-electron chi connectivity index (χ4n) is 4.26. The molecule has 2 amide bonds. The molecule has 0 radical (unpaired) electrons. The van der Waals surface area contributed by atoms with Crippen molar-refractivity contribution in [2.45, 2.75) is 26.9 Å². The zero-order valence-corrected chi connectivity index (χ0v) is 19.4. The number of ether oxygens (including phenoxy) is 2. The number of fused-ring (bicyclic) bond motifs is 2. The summed E-state index contributed by atoms with van der Waals surface area (Å²) in [4.78, 5) is 30.6. The van der Waals surface area contributed by atoms with Gasteiger partial charge in [0.25, 0.3) is 5.56 Å². The number of carbonyl (C=O) groups is 1. The van der Waals surface area contributed by atoms with Gasteiger partial charge in [0.1, 0.15) is 5.82 Å². The third kappa shape index (κ3) is 4.68. The van der Waals surface area contributed by atoms with E-state index in [4.69, 9.17) is 9.47 Å². The SMILES string of the molecule is Cc1cc(C)c2cc(CN(Cc3ccc4c(c3)OCO4)C(=O)Nc3ccccc3F)c(=O)[nH]c2c1. The Morgan fingerprint density at radius 1 is 1.03 bits per heavy atom. The van der Waals surface area contributed by atoms with Crippen LogP contribution in [0.3, 0.4) is 0 Å². The van der Waals surface area contributed by atoms with Crippen LogP contribution in [0.2, 0.25) is 0 Å². The van der Waals surface area contributed by atoms with Gasteiger partial charge in [-0.15, -0.1) is 0 Å². The van der Waals surface area contributed by atoms with Gasteiger partial charge in [0.2, 0.25) is 6.79 Å². The molecule has 8 heteroatoms. The van der Waals surface area contributed by atoms with Crippen molar-refractivity contribution >= 4 is 22.6 Å². The van der Waals surface area contributed by atoms with Crippen molar-refractivity contribution in [3.8, 4) is 11.5 Å². The van der Waals surface area contributed by atoms with Crippen molar-refractivity contribution in [1.82, 2.24) is 9.88 Å². The average Bonchev–Trinajstić information content (AvgIpc) is 3.29. The molecule has 1 aliphatic heterocycles. The molecule has 1 aliphatic rings. The molecule has 7 nitrogen and oxygen atoms in total. The number of anilines is 1. The number of aromatic amines is 1. The molecule has 2 heterocycles. The van der Waals surface area contributed by atoms with E-state index in [0.29, 0.717) is 17.1 Å². The topological polar surface area (TPSA) is 83.7 Å². The van der Waals surface area contributed by atoms with E-state index in [1.165, 1.54) is 17.0 Å². The number of halogens is 1. The van der Waals surface area contributed by atoms with Crippen molar-refractivity contribution in [2.75, 3.05) is 12.1 Å². The summed E-state index contributed by atoms with van der Waals surface area (Å²) in [7, 11) is 0. The van der Waals surface area contributed by atoms with Crippen molar-refractivity contribution in [3.63, 3.8) is 0 Å². The van der Waals surface area contributed by atoms with E-state index < -0.39 is 11.8 Å². The van der Waals surface area contributed by atoms with Gasteiger partial charge < -0.3 is 24.7 Å². The second-order valence-electron chi connectivity index (χ2n) is 8.62. The van der Waals surface area contributed by atoms with Gasteiger partial charge in [0.05, 0.1) is 12.2 Å². The molecular weight excluding hydrogens is 449 g/mol. The van der Waals surface area contributed by atoms with E-state index in [9.17, 15) is 14.0 Å². The molecule has 0 aliphatic carbocycles. The summed E-state index contributed by atoms with van der Waals surface area (Å²) in [6, 6.07) is 16.6. The molecule has 5 rings (SSSR count). The number of nitrogens with zero attached hydrogens (tertiary/aromatic N) is 1. The molecule has 0 atom stereocenters. The molecule has 3 aromatic carbocycles. The predicted octanol–water partition coefficient (Wildman–Crippen LogP) is 5.25. The van der Waals surface area contributed by atoms with Crippen LogP contribution in [-0.4, -0.2) is 22.7 Å². The van der Waals surface area contributed by atoms with Crippen molar-refractivity contribution in [2.24, 2.45) is 0 Å². The number of benzene rings is 3. The quantitative estimate of drug-likeness (QED) is 0.415. The van der Waals surface area contributed by atoms with Crippen LogP contribution in [0, 0.1) is 19.7 Å². The summed E-state index contributed by atoms with van der Waals surface area (Å²) in [5.41, 5.74) is 3.80. The molecule has 0 saturated carbocycles. The van der Waals surface area contributed by atoms with Gasteiger partial charge >= 0.3 is 6.03 Å². The number of rotatable bonds is 5. The van der Waals surface area contributed by atoms with Gasteiger partial charge in [-0.05, 0) is 66.9 Å². The van der Waals surface area contributed by atoms with Crippen molar-refractivity contribution in [1.29, 1.82) is 0 Å². The Labute approximate surface area is 201 Å².